The molecule has 0 aliphatic heterocycles. The third-order valence-electron chi connectivity index (χ3n) is 2.16. The van der Waals surface area contributed by atoms with Crippen LogP contribution in [0.25, 0.3) is 0 Å². The van der Waals surface area contributed by atoms with Crippen LogP contribution in [0.3, 0.4) is 0 Å². The summed E-state index contributed by atoms with van der Waals surface area (Å²) in [4.78, 5) is 0. The van der Waals surface area contributed by atoms with Gasteiger partial charge in [-0.2, -0.15) is 0 Å². The van der Waals surface area contributed by atoms with Crippen molar-refractivity contribution in [2.24, 2.45) is 5.73 Å². The summed E-state index contributed by atoms with van der Waals surface area (Å²) in [7, 11) is 0. The van der Waals surface area contributed by atoms with Crippen molar-refractivity contribution in [2.45, 2.75) is 39.6 Å². The van der Waals surface area contributed by atoms with Crippen LogP contribution in [-0.4, -0.2) is 64.7 Å². The monoisotopic (exact) mass is 293 g/mol. The van der Waals surface area contributed by atoms with Gasteiger partial charge in [-0.25, -0.2) is 0 Å². The molecule has 0 aliphatic carbocycles. The molecule has 0 saturated carbocycles. The van der Waals surface area contributed by atoms with Gasteiger partial charge in [-0.3, -0.25) is 0 Å². The lowest BCUT2D eigenvalue weighted by Crippen LogP contribution is -2.27. The first-order valence-corrected chi connectivity index (χ1v) is 7.22. The van der Waals surface area contributed by atoms with Gasteiger partial charge in [0, 0.05) is 13.2 Å². The van der Waals surface area contributed by atoms with E-state index < -0.39 is 0 Å². The Hall–Kier alpha value is -0.240. The third-order valence-corrected chi connectivity index (χ3v) is 2.16. The molecule has 0 aromatic heterocycles. The second-order valence-electron chi connectivity index (χ2n) is 5.19. The number of ether oxygens (including phenoxy) is 5. The van der Waals surface area contributed by atoms with Crippen molar-refractivity contribution in [2.75, 3.05) is 52.8 Å². The van der Waals surface area contributed by atoms with Gasteiger partial charge in [-0.1, -0.05) is 0 Å². The fourth-order valence-electron chi connectivity index (χ4n) is 1.34. The van der Waals surface area contributed by atoms with E-state index in [0.717, 1.165) is 0 Å². The Kier molecular flexibility index (Phi) is 12.3. The molecule has 0 spiro atoms. The van der Waals surface area contributed by atoms with Crippen LogP contribution < -0.4 is 5.73 Å². The molecule has 6 nitrogen and oxygen atoms in total. The molecule has 0 bridgehead atoms. The molecule has 1 unspecified atom stereocenters. The zero-order valence-electron chi connectivity index (χ0n) is 13.4. The fraction of sp³-hybridized carbons (Fsp3) is 1.00. The van der Waals surface area contributed by atoms with E-state index in [2.05, 4.69) is 0 Å². The summed E-state index contributed by atoms with van der Waals surface area (Å²) in [6.45, 7) is 12.1. The van der Waals surface area contributed by atoms with Gasteiger partial charge in [-0.05, 0) is 27.7 Å². The van der Waals surface area contributed by atoms with E-state index in [1.807, 2.05) is 27.7 Å². The second kappa shape index (κ2) is 12.5. The number of hydrogen-bond acceptors (Lipinski definition) is 6. The lowest BCUT2D eigenvalue weighted by atomic mass is 10.2. The largest absolute Gasteiger partial charge is 0.377 e. The topological polar surface area (TPSA) is 72.2 Å². The van der Waals surface area contributed by atoms with Crippen molar-refractivity contribution < 1.29 is 23.7 Å². The van der Waals surface area contributed by atoms with Crippen molar-refractivity contribution >= 4 is 0 Å². The molecule has 0 aromatic carbocycles. The van der Waals surface area contributed by atoms with E-state index in [0.29, 0.717) is 52.8 Å². The van der Waals surface area contributed by atoms with Crippen LogP contribution in [0.4, 0.5) is 0 Å². The van der Waals surface area contributed by atoms with Gasteiger partial charge in [0.2, 0.25) is 0 Å². The van der Waals surface area contributed by atoms with E-state index in [4.69, 9.17) is 29.4 Å². The normalized spacial score (nSPS) is 13.7. The van der Waals surface area contributed by atoms with Gasteiger partial charge in [0.05, 0.1) is 45.2 Å². The second-order valence-corrected chi connectivity index (χ2v) is 5.19. The summed E-state index contributed by atoms with van der Waals surface area (Å²) >= 11 is 0. The van der Waals surface area contributed by atoms with Gasteiger partial charge >= 0.3 is 0 Å². The van der Waals surface area contributed by atoms with E-state index in [9.17, 15) is 0 Å². The highest BCUT2D eigenvalue weighted by molar-refractivity contribution is 4.57. The maximum Gasteiger partial charge on any atom is 0.180 e. The molecule has 0 saturated heterocycles. The Morgan fingerprint density at radius 1 is 0.900 bits per heavy atom. The molecule has 2 N–H and O–H groups in total. The first-order chi connectivity index (χ1) is 9.49. The molecule has 0 rings (SSSR count). The first kappa shape index (κ1) is 19.8. The summed E-state index contributed by atoms with van der Waals surface area (Å²) < 4.78 is 27.2. The molecular weight excluding hydrogens is 262 g/mol. The maximum atomic E-state index is 5.54. The summed E-state index contributed by atoms with van der Waals surface area (Å²) in [6, 6.07) is 0. The maximum absolute atomic E-state index is 5.54. The lowest BCUT2D eigenvalue weighted by molar-refractivity contribution is -0.176. The molecule has 0 radical (unpaired) electrons. The van der Waals surface area contributed by atoms with Gasteiger partial charge < -0.3 is 29.4 Å². The Morgan fingerprint density at radius 2 is 1.60 bits per heavy atom. The molecule has 0 heterocycles. The van der Waals surface area contributed by atoms with Crippen LogP contribution in [0.2, 0.25) is 0 Å². The smallest absolute Gasteiger partial charge is 0.180 e. The van der Waals surface area contributed by atoms with Gasteiger partial charge in [0.25, 0.3) is 0 Å². The van der Waals surface area contributed by atoms with Gasteiger partial charge in [-0.15, -0.1) is 0 Å². The SMILES string of the molecule is CCOC(COCCN)OCCOCCOC(C)(C)C. The standard InChI is InChI=1S/C14H31NO5/c1-5-18-13(12-17-7-6-15)19-10-8-16-9-11-20-14(2,3)4/h13H,5-12,15H2,1-4H3. The summed E-state index contributed by atoms with van der Waals surface area (Å²) in [5.74, 6) is 0. The van der Waals surface area contributed by atoms with Gasteiger partial charge in [0.1, 0.15) is 0 Å². The minimum Gasteiger partial charge on any atom is -0.377 e. The predicted octanol–water partition coefficient (Wildman–Crippen LogP) is 1.17. The Balaban J connectivity index is 3.48. The minimum atomic E-state index is -0.360. The van der Waals surface area contributed by atoms with Crippen molar-refractivity contribution in [3.05, 3.63) is 0 Å². The summed E-state index contributed by atoms with van der Waals surface area (Å²) in [5.41, 5.74) is 5.22. The fourth-order valence-corrected chi connectivity index (χ4v) is 1.34. The molecule has 0 aliphatic rings. The molecule has 122 valence electrons. The summed E-state index contributed by atoms with van der Waals surface area (Å²) in [6.07, 6.45) is -0.360. The van der Waals surface area contributed by atoms with Crippen LogP contribution in [0.5, 0.6) is 0 Å². The van der Waals surface area contributed by atoms with Crippen molar-refractivity contribution in [1.29, 1.82) is 0 Å². The van der Waals surface area contributed by atoms with Crippen LogP contribution in [0.15, 0.2) is 0 Å². The van der Waals surface area contributed by atoms with Crippen molar-refractivity contribution in [3.8, 4) is 0 Å². The average molecular weight is 293 g/mol. The molecular formula is C14H31NO5. The highest BCUT2D eigenvalue weighted by Crippen LogP contribution is 2.05. The van der Waals surface area contributed by atoms with Crippen LogP contribution in [-0.2, 0) is 23.7 Å². The van der Waals surface area contributed by atoms with Crippen LogP contribution >= 0.6 is 0 Å². The quantitative estimate of drug-likeness (QED) is 0.406. The van der Waals surface area contributed by atoms with Crippen LogP contribution in [0.1, 0.15) is 27.7 Å². The molecule has 6 heteroatoms. The zero-order valence-corrected chi connectivity index (χ0v) is 13.4. The Labute approximate surface area is 122 Å². The Bertz CT molecular complexity index is 208. The molecule has 0 amide bonds. The average Bonchev–Trinajstić information content (AvgIpc) is 2.36. The van der Waals surface area contributed by atoms with E-state index in [1.54, 1.807) is 0 Å². The number of nitrogens with two attached hydrogens (primary N) is 1. The summed E-state index contributed by atoms with van der Waals surface area (Å²) in [5, 5.41) is 0. The lowest BCUT2D eigenvalue weighted by Gasteiger charge is -2.20. The van der Waals surface area contributed by atoms with Crippen molar-refractivity contribution in [1.82, 2.24) is 0 Å². The zero-order chi connectivity index (χ0) is 15.3. The van der Waals surface area contributed by atoms with E-state index in [1.165, 1.54) is 0 Å². The van der Waals surface area contributed by atoms with Crippen molar-refractivity contribution in [3.63, 3.8) is 0 Å². The van der Waals surface area contributed by atoms with Gasteiger partial charge in [0.15, 0.2) is 6.29 Å². The molecule has 20 heavy (non-hydrogen) atoms. The third kappa shape index (κ3) is 14.2. The molecule has 1 atom stereocenters. The van der Waals surface area contributed by atoms with E-state index in [-0.39, 0.29) is 11.9 Å². The highest BCUT2D eigenvalue weighted by Gasteiger charge is 2.10. The Morgan fingerprint density at radius 3 is 2.20 bits per heavy atom. The first-order valence-electron chi connectivity index (χ1n) is 7.22. The van der Waals surface area contributed by atoms with E-state index >= 15 is 0 Å². The number of hydrogen-bond donors (Lipinski definition) is 1. The van der Waals surface area contributed by atoms with Crippen LogP contribution in [0, 0.1) is 0 Å². The molecule has 0 aromatic rings. The predicted molar refractivity (Wildman–Crippen MR) is 77.8 cm³/mol. The minimum absolute atomic E-state index is 0.125. The number of rotatable bonds is 13. The highest BCUT2D eigenvalue weighted by atomic mass is 16.7. The molecule has 0 fully saturated rings.